The van der Waals surface area contributed by atoms with E-state index in [0.29, 0.717) is 12.3 Å². The Balaban J connectivity index is 1.55. The summed E-state index contributed by atoms with van der Waals surface area (Å²) in [5.74, 6) is 0.671. The fraction of sp³-hybridized carbons (Fsp3) is 0.105. The number of thioether (sulfide) groups is 1. The molecule has 136 valence electrons. The fourth-order valence-electron chi connectivity index (χ4n) is 2.91. The first-order valence-electron chi connectivity index (χ1n) is 8.33. The zero-order valence-corrected chi connectivity index (χ0v) is 15.9. The maximum Gasteiger partial charge on any atom is 0.333 e. The molecule has 0 bridgehead atoms. The van der Waals surface area contributed by atoms with E-state index in [2.05, 4.69) is 9.46 Å². The van der Waals surface area contributed by atoms with Crippen LogP contribution in [0.1, 0.15) is 0 Å². The molecule has 0 saturated heterocycles. The predicted octanol–water partition coefficient (Wildman–Crippen LogP) is 4.06. The van der Waals surface area contributed by atoms with E-state index in [1.165, 1.54) is 5.01 Å². The van der Waals surface area contributed by atoms with Gasteiger partial charge in [0.15, 0.2) is 0 Å². The number of benzene rings is 2. The molecule has 0 spiro atoms. The van der Waals surface area contributed by atoms with E-state index >= 15 is 0 Å². The first-order chi connectivity index (χ1) is 13.2. The van der Waals surface area contributed by atoms with Crippen LogP contribution >= 0.6 is 11.8 Å². The number of hydrogen-bond acceptors (Lipinski definition) is 5. The average Bonchev–Trinajstić information content (AvgIpc) is 3.16. The summed E-state index contributed by atoms with van der Waals surface area (Å²) < 4.78 is 28.1. The number of nitrogens with zero attached hydrogens (tertiary/aromatic N) is 4. The Morgan fingerprint density at radius 3 is 2.74 bits per heavy atom. The predicted molar refractivity (Wildman–Crippen MR) is 109 cm³/mol. The highest BCUT2D eigenvalue weighted by Crippen LogP contribution is 2.24. The molecule has 2 aromatic carbocycles. The highest BCUT2D eigenvalue weighted by molar-refractivity contribution is 7.99. The lowest BCUT2D eigenvalue weighted by Crippen LogP contribution is -2.19. The van der Waals surface area contributed by atoms with Crippen molar-refractivity contribution in [3.8, 4) is 0 Å². The summed E-state index contributed by atoms with van der Waals surface area (Å²) in [6.07, 6.45) is 3.67. The summed E-state index contributed by atoms with van der Waals surface area (Å²) in [4.78, 5) is 4.28. The van der Waals surface area contributed by atoms with Crippen molar-refractivity contribution in [3.63, 3.8) is 0 Å². The van der Waals surface area contributed by atoms with Crippen LogP contribution in [0.4, 0.5) is 5.69 Å². The summed E-state index contributed by atoms with van der Waals surface area (Å²) in [5, 5.41) is 4.72. The van der Waals surface area contributed by atoms with Gasteiger partial charge in [-0.05, 0) is 35.0 Å². The molecular formula is C19H16N4O2S2. The maximum absolute atomic E-state index is 11.2. The van der Waals surface area contributed by atoms with Gasteiger partial charge in [0, 0.05) is 18.1 Å². The molecular weight excluding hydrogens is 380 g/mol. The molecule has 4 aromatic rings. The lowest BCUT2D eigenvalue weighted by Gasteiger charge is -2.17. The van der Waals surface area contributed by atoms with Crippen molar-refractivity contribution in [3.05, 3.63) is 73.1 Å². The van der Waals surface area contributed by atoms with Crippen molar-refractivity contribution < 1.29 is 8.42 Å². The molecule has 8 heteroatoms. The molecule has 2 aromatic heterocycles. The molecule has 0 N–H and O–H groups in total. The number of hydrogen-bond donors (Lipinski definition) is 0. The SMILES string of the molecule is O=S(=O)=NN(CCSc1cccc2nccn12)c1ccc2ccccc2c1. The molecule has 0 aliphatic rings. The monoisotopic (exact) mass is 396 g/mol. The number of rotatable bonds is 6. The van der Waals surface area contributed by atoms with Gasteiger partial charge in [0.1, 0.15) is 5.65 Å². The van der Waals surface area contributed by atoms with Crippen LogP contribution in [0.5, 0.6) is 0 Å². The molecule has 4 rings (SSSR count). The molecule has 0 saturated carbocycles. The van der Waals surface area contributed by atoms with Crippen molar-refractivity contribution in [2.45, 2.75) is 5.03 Å². The van der Waals surface area contributed by atoms with Crippen LogP contribution in [0.3, 0.4) is 0 Å². The Morgan fingerprint density at radius 1 is 1.04 bits per heavy atom. The van der Waals surface area contributed by atoms with Gasteiger partial charge in [-0.25, -0.2) is 9.99 Å². The number of aromatic nitrogens is 2. The molecule has 0 aliphatic heterocycles. The van der Waals surface area contributed by atoms with Crippen LogP contribution in [0.25, 0.3) is 16.4 Å². The zero-order valence-electron chi connectivity index (χ0n) is 14.3. The summed E-state index contributed by atoms with van der Waals surface area (Å²) in [5.41, 5.74) is 1.64. The highest BCUT2D eigenvalue weighted by Gasteiger charge is 2.09. The van der Waals surface area contributed by atoms with Gasteiger partial charge in [0.05, 0.1) is 17.3 Å². The number of imidazole rings is 1. The molecule has 0 amide bonds. The van der Waals surface area contributed by atoms with Gasteiger partial charge in [-0.2, -0.15) is 8.42 Å². The van der Waals surface area contributed by atoms with Crippen LogP contribution in [-0.4, -0.2) is 30.1 Å². The van der Waals surface area contributed by atoms with E-state index in [4.69, 9.17) is 0 Å². The van der Waals surface area contributed by atoms with Crippen molar-refractivity contribution in [2.75, 3.05) is 17.3 Å². The molecule has 6 nitrogen and oxygen atoms in total. The third-order valence-electron chi connectivity index (χ3n) is 4.14. The van der Waals surface area contributed by atoms with E-state index in [0.717, 1.165) is 27.1 Å². The molecule has 0 unspecified atom stereocenters. The summed E-state index contributed by atoms with van der Waals surface area (Å²) >= 11 is 1.63. The average molecular weight is 396 g/mol. The standard InChI is InChI=1S/C19H16N4O2S2/c24-27(25)21-23(17-9-8-15-4-1-2-5-16(15)14-17)12-13-26-19-7-3-6-18-20-10-11-22(18)19/h1-11,14H,12-13H2. The highest BCUT2D eigenvalue weighted by atomic mass is 32.2. The summed E-state index contributed by atoms with van der Waals surface area (Å²) in [7, 11) is -2.52. The van der Waals surface area contributed by atoms with E-state index in [1.807, 2.05) is 71.3 Å². The molecule has 0 fully saturated rings. The van der Waals surface area contributed by atoms with Gasteiger partial charge in [0.2, 0.25) is 0 Å². The summed E-state index contributed by atoms with van der Waals surface area (Å²) in [6, 6.07) is 19.7. The number of fused-ring (bicyclic) bond motifs is 2. The van der Waals surface area contributed by atoms with Gasteiger partial charge in [-0.15, -0.1) is 11.8 Å². The lowest BCUT2D eigenvalue weighted by atomic mass is 10.1. The molecule has 0 aliphatic carbocycles. The lowest BCUT2D eigenvalue weighted by molar-refractivity contribution is 0.619. The van der Waals surface area contributed by atoms with E-state index in [-0.39, 0.29) is 0 Å². The topological polar surface area (TPSA) is 67.0 Å². The van der Waals surface area contributed by atoms with Crippen molar-refractivity contribution in [2.24, 2.45) is 4.47 Å². The minimum Gasteiger partial charge on any atom is -0.294 e. The first kappa shape index (κ1) is 17.6. The van der Waals surface area contributed by atoms with Gasteiger partial charge >= 0.3 is 10.5 Å². The van der Waals surface area contributed by atoms with Gasteiger partial charge in [0.25, 0.3) is 0 Å². The van der Waals surface area contributed by atoms with Crippen LogP contribution in [0.2, 0.25) is 0 Å². The Hall–Kier alpha value is -2.84. The number of anilines is 1. The smallest absolute Gasteiger partial charge is 0.294 e. The summed E-state index contributed by atoms with van der Waals surface area (Å²) in [6.45, 7) is 0.460. The zero-order chi connectivity index (χ0) is 18.6. The van der Waals surface area contributed by atoms with Gasteiger partial charge in [-0.1, -0.05) is 40.9 Å². The quantitative estimate of drug-likeness (QED) is 0.363. The van der Waals surface area contributed by atoms with E-state index in [9.17, 15) is 8.42 Å². The van der Waals surface area contributed by atoms with Crippen molar-refractivity contribution in [1.82, 2.24) is 9.38 Å². The number of pyridine rings is 1. The minimum absolute atomic E-state index is 0.460. The molecule has 27 heavy (non-hydrogen) atoms. The normalized spacial score (nSPS) is 11.0. The molecule has 0 atom stereocenters. The van der Waals surface area contributed by atoms with Gasteiger partial charge in [-0.3, -0.25) is 4.40 Å². The Bertz CT molecular complexity index is 1230. The van der Waals surface area contributed by atoms with E-state index in [1.54, 1.807) is 18.0 Å². The minimum atomic E-state index is -2.52. The van der Waals surface area contributed by atoms with Crippen molar-refractivity contribution >= 4 is 44.4 Å². The first-order valence-corrected chi connectivity index (χ1v) is 10.3. The molecule has 0 radical (unpaired) electrons. The third-order valence-corrected chi connectivity index (χ3v) is 5.49. The Labute approximate surface area is 162 Å². The Morgan fingerprint density at radius 2 is 1.89 bits per heavy atom. The second-order valence-electron chi connectivity index (χ2n) is 5.82. The van der Waals surface area contributed by atoms with Crippen LogP contribution in [0.15, 0.2) is 82.6 Å². The Kier molecular flexibility index (Phi) is 5.08. The van der Waals surface area contributed by atoms with Gasteiger partial charge < -0.3 is 0 Å². The van der Waals surface area contributed by atoms with E-state index < -0.39 is 10.5 Å². The van der Waals surface area contributed by atoms with Crippen LogP contribution < -0.4 is 5.01 Å². The van der Waals surface area contributed by atoms with Crippen LogP contribution in [0, 0.1) is 0 Å². The second-order valence-corrected chi connectivity index (χ2v) is 7.53. The largest absolute Gasteiger partial charge is 0.333 e. The maximum atomic E-state index is 11.2. The molecule has 2 heterocycles. The third kappa shape index (κ3) is 3.96. The van der Waals surface area contributed by atoms with Crippen molar-refractivity contribution in [1.29, 1.82) is 0 Å². The fourth-order valence-corrected chi connectivity index (χ4v) is 4.19. The second kappa shape index (κ2) is 7.81. The van der Waals surface area contributed by atoms with Crippen LogP contribution in [-0.2, 0) is 10.5 Å².